The second-order valence-electron chi connectivity index (χ2n) is 3.39. The van der Waals surface area contributed by atoms with Crippen molar-refractivity contribution in [2.75, 3.05) is 0 Å². The predicted octanol–water partition coefficient (Wildman–Crippen LogP) is 3.29. The van der Waals surface area contributed by atoms with Gasteiger partial charge in [-0.05, 0) is 6.07 Å². The second kappa shape index (κ2) is 4.46. The van der Waals surface area contributed by atoms with Crippen LogP contribution in [0.2, 0.25) is 0 Å². The zero-order chi connectivity index (χ0) is 12.5. The molecule has 2 nitrogen and oxygen atoms in total. The molecule has 0 saturated carbocycles. The number of hydrogen-bond acceptors (Lipinski definition) is 3. The first kappa shape index (κ1) is 12.1. The molecule has 0 aliphatic rings. The van der Waals surface area contributed by atoms with Gasteiger partial charge in [-0.15, -0.1) is 11.3 Å². The molecular formula is C11H9F3N2S. The van der Waals surface area contributed by atoms with E-state index in [1.807, 2.05) is 0 Å². The Morgan fingerprint density at radius 2 is 1.94 bits per heavy atom. The van der Waals surface area contributed by atoms with E-state index in [2.05, 4.69) is 4.98 Å². The molecule has 90 valence electrons. The highest BCUT2D eigenvalue weighted by Crippen LogP contribution is 2.37. The Morgan fingerprint density at radius 3 is 2.53 bits per heavy atom. The van der Waals surface area contributed by atoms with Crippen LogP contribution in [-0.2, 0) is 12.7 Å². The maximum Gasteiger partial charge on any atom is 0.417 e. The van der Waals surface area contributed by atoms with Crippen LogP contribution < -0.4 is 5.73 Å². The summed E-state index contributed by atoms with van der Waals surface area (Å²) < 4.78 is 38.3. The van der Waals surface area contributed by atoms with Gasteiger partial charge < -0.3 is 5.73 Å². The van der Waals surface area contributed by atoms with Crippen LogP contribution in [0.4, 0.5) is 13.2 Å². The topological polar surface area (TPSA) is 38.9 Å². The molecule has 0 amide bonds. The third-order valence-corrected chi connectivity index (χ3v) is 3.15. The summed E-state index contributed by atoms with van der Waals surface area (Å²) in [5, 5.41) is 2.01. The van der Waals surface area contributed by atoms with Gasteiger partial charge in [0.15, 0.2) is 0 Å². The average molecular weight is 258 g/mol. The molecule has 1 aromatic heterocycles. The molecule has 0 atom stereocenters. The molecule has 2 rings (SSSR count). The summed E-state index contributed by atoms with van der Waals surface area (Å²) in [6.07, 6.45) is -4.37. The number of halogens is 3. The van der Waals surface area contributed by atoms with Crippen molar-refractivity contribution in [1.82, 2.24) is 4.98 Å². The summed E-state index contributed by atoms with van der Waals surface area (Å²) in [6.45, 7) is 0.227. The number of benzene rings is 1. The van der Waals surface area contributed by atoms with Gasteiger partial charge in [0.05, 0.1) is 11.3 Å². The molecule has 0 fully saturated rings. The van der Waals surface area contributed by atoms with E-state index in [9.17, 15) is 13.2 Å². The molecule has 1 heterocycles. The van der Waals surface area contributed by atoms with Gasteiger partial charge >= 0.3 is 6.18 Å². The Labute approximate surface area is 99.9 Å². The molecule has 0 spiro atoms. The summed E-state index contributed by atoms with van der Waals surface area (Å²) in [6, 6.07) is 5.40. The van der Waals surface area contributed by atoms with Gasteiger partial charge in [-0.2, -0.15) is 13.2 Å². The van der Waals surface area contributed by atoms with Crippen LogP contribution >= 0.6 is 11.3 Å². The van der Waals surface area contributed by atoms with E-state index < -0.39 is 11.7 Å². The van der Waals surface area contributed by atoms with Crippen LogP contribution in [-0.4, -0.2) is 4.98 Å². The van der Waals surface area contributed by atoms with Crippen LogP contribution in [0, 0.1) is 0 Å². The number of alkyl halides is 3. The molecule has 0 bridgehead atoms. The maximum atomic E-state index is 12.8. The Bertz CT molecular complexity index is 519. The van der Waals surface area contributed by atoms with Crippen molar-refractivity contribution < 1.29 is 13.2 Å². The molecule has 6 heteroatoms. The average Bonchev–Trinajstić information content (AvgIpc) is 2.76. The monoisotopic (exact) mass is 258 g/mol. The third kappa shape index (κ3) is 2.48. The minimum Gasteiger partial charge on any atom is -0.325 e. The molecule has 0 aliphatic heterocycles. The normalized spacial score (nSPS) is 11.8. The number of thiazole rings is 1. The van der Waals surface area contributed by atoms with Crippen molar-refractivity contribution >= 4 is 11.3 Å². The fraction of sp³-hybridized carbons (Fsp3) is 0.182. The summed E-state index contributed by atoms with van der Waals surface area (Å²) in [7, 11) is 0. The summed E-state index contributed by atoms with van der Waals surface area (Å²) in [4.78, 5) is 4.07. The van der Waals surface area contributed by atoms with Crippen molar-refractivity contribution in [2.24, 2.45) is 5.73 Å². The van der Waals surface area contributed by atoms with E-state index in [1.54, 1.807) is 11.4 Å². The van der Waals surface area contributed by atoms with E-state index in [-0.39, 0.29) is 12.1 Å². The van der Waals surface area contributed by atoms with Crippen molar-refractivity contribution in [1.29, 1.82) is 0 Å². The van der Waals surface area contributed by atoms with Gasteiger partial charge in [-0.25, -0.2) is 4.98 Å². The highest BCUT2D eigenvalue weighted by molar-refractivity contribution is 7.13. The number of aromatic nitrogens is 1. The summed E-state index contributed by atoms with van der Waals surface area (Å²) in [5.41, 5.74) is 5.42. The van der Waals surface area contributed by atoms with Gasteiger partial charge in [0.2, 0.25) is 0 Å². The van der Waals surface area contributed by atoms with Gasteiger partial charge in [0, 0.05) is 17.5 Å². The number of nitrogens with zero attached hydrogens (tertiary/aromatic N) is 1. The zero-order valence-electron chi connectivity index (χ0n) is 8.66. The Balaban J connectivity index is 2.52. The molecule has 17 heavy (non-hydrogen) atoms. The Morgan fingerprint density at radius 1 is 1.24 bits per heavy atom. The highest BCUT2D eigenvalue weighted by Gasteiger charge is 2.33. The van der Waals surface area contributed by atoms with Crippen molar-refractivity contribution in [2.45, 2.75) is 12.7 Å². The molecule has 0 aliphatic carbocycles. The maximum absolute atomic E-state index is 12.8. The quantitative estimate of drug-likeness (QED) is 0.897. The van der Waals surface area contributed by atoms with E-state index in [0.29, 0.717) is 10.7 Å². The lowest BCUT2D eigenvalue weighted by atomic mass is 10.1. The highest BCUT2D eigenvalue weighted by atomic mass is 32.1. The lowest BCUT2D eigenvalue weighted by molar-refractivity contribution is -0.137. The van der Waals surface area contributed by atoms with Crippen LogP contribution in [0.5, 0.6) is 0 Å². The first-order valence-corrected chi connectivity index (χ1v) is 5.71. The van der Waals surface area contributed by atoms with E-state index in [4.69, 9.17) is 5.73 Å². The van der Waals surface area contributed by atoms with Crippen LogP contribution in [0.3, 0.4) is 0 Å². The summed E-state index contributed by atoms with van der Waals surface area (Å²) >= 11 is 1.17. The van der Waals surface area contributed by atoms with Crippen molar-refractivity contribution in [3.63, 3.8) is 0 Å². The number of hydrogen-bond donors (Lipinski definition) is 1. The van der Waals surface area contributed by atoms with Gasteiger partial charge in [-0.1, -0.05) is 18.2 Å². The molecular weight excluding hydrogens is 249 g/mol. The fourth-order valence-corrected chi connectivity index (χ4v) is 2.31. The molecule has 0 saturated heterocycles. The fourth-order valence-electron chi connectivity index (χ4n) is 1.44. The molecule has 2 N–H and O–H groups in total. The van der Waals surface area contributed by atoms with Gasteiger partial charge in [0.25, 0.3) is 0 Å². The smallest absolute Gasteiger partial charge is 0.325 e. The first-order chi connectivity index (χ1) is 8.02. The lowest BCUT2D eigenvalue weighted by Gasteiger charge is -2.10. The second-order valence-corrected chi connectivity index (χ2v) is 4.25. The number of nitrogens with two attached hydrogens (primary N) is 1. The molecule has 0 unspecified atom stereocenters. The van der Waals surface area contributed by atoms with E-state index >= 15 is 0 Å². The molecule has 0 radical (unpaired) electrons. The van der Waals surface area contributed by atoms with Gasteiger partial charge in [0.1, 0.15) is 5.01 Å². The summed E-state index contributed by atoms with van der Waals surface area (Å²) in [5.74, 6) is 0. The zero-order valence-corrected chi connectivity index (χ0v) is 9.48. The largest absolute Gasteiger partial charge is 0.417 e. The minimum absolute atomic E-state index is 0.102. The van der Waals surface area contributed by atoms with Crippen molar-refractivity contribution in [3.05, 3.63) is 40.9 Å². The van der Waals surface area contributed by atoms with E-state index in [0.717, 1.165) is 6.07 Å². The first-order valence-electron chi connectivity index (χ1n) is 4.83. The third-order valence-electron chi connectivity index (χ3n) is 2.22. The molecule has 1 aromatic carbocycles. The number of rotatable bonds is 2. The van der Waals surface area contributed by atoms with E-state index in [1.165, 1.54) is 23.5 Å². The standard InChI is InChI=1S/C11H9F3N2S/c12-11(13,14)9-4-2-1-3-8(9)10-16-7(5-15)6-17-10/h1-4,6H,5,15H2. The minimum atomic E-state index is -4.37. The predicted molar refractivity (Wildman–Crippen MR) is 60.4 cm³/mol. The lowest BCUT2D eigenvalue weighted by Crippen LogP contribution is -2.06. The van der Waals surface area contributed by atoms with Crippen LogP contribution in [0.25, 0.3) is 10.6 Å². The van der Waals surface area contributed by atoms with Crippen molar-refractivity contribution in [3.8, 4) is 10.6 Å². The van der Waals surface area contributed by atoms with Gasteiger partial charge in [-0.3, -0.25) is 0 Å². The SMILES string of the molecule is NCc1csc(-c2ccccc2C(F)(F)F)n1. The Hall–Kier alpha value is -1.40. The van der Waals surface area contributed by atoms with Crippen LogP contribution in [0.1, 0.15) is 11.3 Å². The Kier molecular flexibility index (Phi) is 3.17. The molecule has 2 aromatic rings. The van der Waals surface area contributed by atoms with Crippen LogP contribution in [0.15, 0.2) is 29.6 Å².